The van der Waals surface area contributed by atoms with Gasteiger partial charge in [0.05, 0.1) is 6.61 Å². The smallest absolute Gasteiger partial charge is 0.251 e. The van der Waals surface area contributed by atoms with Crippen molar-refractivity contribution in [2.45, 2.75) is 25.8 Å². The zero-order valence-electron chi connectivity index (χ0n) is 10.7. The fraction of sp³-hybridized carbons (Fsp3) is 0.500. The lowest BCUT2D eigenvalue weighted by molar-refractivity contribution is 0.0929. The summed E-state index contributed by atoms with van der Waals surface area (Å²) in [6, 6.07) is 7.58. The van der Waals surface area contributed by atoms with Crippen LogP contribution in [-0.2, 0) is 0 Å². The monoisotopic (exact) mass is 248 g/mol. The lowest BCUT2D eigenvalue weighted by Gasteiger charge is -2.23. The molecule has 1 aromatic rings. The molecule has 1 saturated heterocycles. The zero-order chi connectivity index (χ0) is 12.8. The minimum absolute atomic E-state index is 0.00458. The fourth-order valence-electron chi connectivity index (χ4n) is 2.10. The molecule has 2 rings (SSSR count). The Balaban J connectivity index is 1.91. The molecule has 0 unspecified atom stereocenters. The molecule has 4 heteroatoms. The lowest BCUT2D eigenvalue weighted by Crippen LogP contribution is -2.42. The maximum atomic E-state index is 12.0. The number of benzene rings is 1. The molecule has 1 aliphatic heterocycles. The molecule has 4 nitrogen and oxygen atoms in total. The number of hydrogen-bond donors (Lipinski definition) is 2. The topological polar surface area (TPSA) is 50.4 Å². The number of carbonyl (C=O) groups is 1. The van der Waals surface area contributed by atoms with E-state index in [0.717, 1.165) is 31.7 Å². The third-order valence-corrected chi connectivity index (χ3v) is 3.10. The Morgan fingerprint density at radius 3 is 2.61 bits per heavy atom. The standard InChI is InChI=1S/C14H20N2O2/c1-2-18-13-5-3-11(4-6-13)14(17)16-12-7-9-15-10-8-12/h3-6,12,15H,2,7-10H2,1H3,(H,16,17). The summed E-state index contributed by atoms with van der Waals surface area (Å²) in [5, 5.41) is 6.35. The fourth-order valence-corrected chi connectivity index (χ4v) is 2.10. The molecule has 0 saturated carbocycles. The number of ether oxygens (including phenoxy) is 1. The molecule has 2 N–H and O–H groups in total. The highest BCUT2D eigenvalue weighted by Crippen LogP contribution is 2.12. The van der Waals surface area contributed by atoms with Gasteiger partial charge in [0.25, 0.3) is 5.91 Å². The summed E-state index contributed by atoms with van der Waals surface area (Å²) in [5.74, 6) is 0.806. The van der Waals surface area contributed by atoms with Crippen LogP contribution < -0.4 is 15.4 Å². The number of carbonyl (C=O) groups excluding carboxylic acids is 1. The van der Waals surface area contributed by atoms with Gasteiger partial charge in [-0.1, -0.05) is 0 Å². The van der Waals surface area contributed by atoms with E-state index in [1.165, 1.54) is 0 Å². The van der Waals surface area contributed by atoms with Crippen LogP contribution in [0.4, 0.5) is 0 Å². The second-order valence-corrected chi connectivity index (χ2v) is 4.46. The molecule has 0 atom stereocenters. The predicted octanol–water partition coefficient (Wildman–Crippen LogP) is 1.57. The number of piperidine rings is 1. The first-order valence-corrected chi connectivity index (χ1v) is 6.54. The molecule has 0 aliphatic carbocycles. The minimum Gasteiger partial charge on any atom is -0.494 e. The Kier molecular flexibility index (Phi) is 4.59. The van der Waals surface area contributed by atoms with Crippen molar-refractivity contribution in [3.05, 3.63) is 29.8 Å². The van der Waals surface area contributed by atoms with Crippen molar-refractivity contribution >= 4 is 5.91 Å². The van der Waals surface area contributed by atoms with Gasteiger partial charge >= 0.3 is 0 Å². The first-order chi connectivity index (χ1) is 8.79. The van der Waals surface area contributed by atoms with Crippen LogP contribution in [0.25, 0.3) is 0 Å². The first-order valence-electron chi connectivity index (χ1n) is 6.54. The molecule has 0 aromatic heterocycles. The van der Waals surface area contributed by atoms with Crippen molar-refractivity contribution in [1.82, 2.24) is 10.6 Å². The summed E-state index contributed by atoms with van der Waals surface area (Å²) >= 11 is 0. The Morgan fingerprint density at radius 2 is 2.00 bits per heavy atom. The highest BCUT2D eigenvalue weighted by Gasteiger charge is 2.16. The summed E-state index contributed by atoms with van der Waals surface area (Å²) in [6.07, 6.45) is 2.01. The van der Waals surface area contributed by atoms with Crippen molar-refractivity contribution in [2.24, 2.45) is 0 Å². The van der Waals surface area contributed by atoms with Crippen molar-refractivity contribution in [1.29, 1.82) is 0 Å². The van der Waals surface area contributed by atoms with E-state index in [-0.39, 0.29) is 5.91 Å². The molecule has 1 fully saturated rings. The zero-order valence-corrected chi connectivity index (χ0v) is 10.7. The second-order valence-electron chi connectivity index (χ2n) is 4.46. The van der Waals surface area contributed by atoms with Crippen LogP contribution in [0.5, 0.6) is 5.75 Å². The van der Waals surface area contributed by atoms with Gasteiger partial charge in [-0.25, -0.2) is 0 Å². The van der Waals surface area contributed by atoms with Crippen LogP contribution in [0.15, 0.2) is 24.3 Å². The van der Waals surface area contributed by atoms with E-state index in [9.17, 15) is 4.79 Å². The first kappa shape index (κ1) is 12.9. The van der Waals surface area contributed by atoms with E-state index >= 15 is 0 Å². The van der Waals surface area contributed by atoms with Crippen LogP contribution in [0, 0.1) is 0 Å². The molecular weight excluding hydrogens is 228 g/mol. The molecule has 1 heterocycles. The average Bonchev–Trinajstić information content (AvgIpc) is 2.41. The van der Waals surface area contributed by atoms with Gasteiger partial charge in [-0.15, -0.1) is 0 Å². The number of amides is 1. The average molecular weight is 248 g/mol. The van der Waals surface area contributed by atoms with Crippen LogP contribution in [0.1, 0.15) is 30.1 Å². The molecular formula is C14H20N2O2. The van der Waals surface area contributed by atoms with Crippen LogP contribution >= 0.6 is 0 Å². The Morgan fingerprint density at radius 1 is 1.33 bits per heavy atom. The van der Waals surface area contributed by atoms with Gasteiger partial charge in [-0.3, -0.25) is 4.79 Å². The van der Waals surface area contributed by atoms with Crippen LogP contribution in [0.3, 0.4) is 0 Å². The van der Waals surface area contributed by atoms with Crippen molar-refractivity contribution in [2.75, 3.05) is 19.7 Å². The Hall–Kier alpha value is -1.55. The SMILES string of the molecule is CCOc1ccc(C(=O)NC2CCNCC2)cc1. The Labute approximate surface area is 108 Å². The van der Waals surface area contributed by atoms with E-state index < -0.39 is 0 Å². The van der Waals surface area contributed by atoms with Gasteiger partial charge in [-0.2, -0.15) is 0 Å². The second kappa shape index (κ2) is 6.40. The largest absolute Gasteiger partial charge is 0.494 e. The quantitative estimate of drug-likeness (QED) is 0.850. The Bertz CT molecular complexity index is 383. The van der Waals surface area contributed by atoms with E-state index in [4.69, 9.17) is 4.74 Å². The molecule has 0 bridgehead atoms. The maximum absolute atomic E-state index is 12.0. The molecule has 1 aliphatic rings. The van der Waals surface area contributed by atoms with Gasteiger partial charge in [-0.05, 0) is 57.1 Å². The molecule has 98 valence electrons. The van der Waals surface area contributed by atoms with Crippen LogP contribution in [0.2, 0.25) is 0 Å². The van der Waals surface area contributed by atoms with Gasteiger partial charge < -0.3 is 15.4 Å². The van der Waals surface area contributed by atoms with Gasteiger partial charge in [0.2, 0.25) is 0 Å². The van der Waals surface area contributed by atoms with Crippen molar-refractivity contribution < 1.29 is 9.53 Å². The van der Waals surface area contributed by atoms with E-state index in [2.05, 4.69) is 10.6 Å². The van der Waals surface area contributed by atoms with Crippen molar-refractivity contribution in [3.63, 3.8) is 0 Å². The van der Waals surface area contributed by atoms with E-state index in [1.807, 2.05) is 19.1 Å². The van der Waals surface area contributed by atoms with E-state index in [0.29, 0.717) is 18.2 Å². The minimum atomic E-state index is 0.00458. The maximum Gasteiger partial charge on any atom is 0.251 e. The summed E-state index contributed by atoms with van der Waals surface area (Å²) in [7, 11) is 0. The van der Waals surface area contributed by atoms with Gasteiger partial charge in [0, 0.05) is 11.6 Å². The lowest BCUT2D eigenvalue weighted by atomic mass is 10.1. The summed E-state index contributed by atoms with van der Waals surface area (Å²) < 4.78 is 5.35. The normalized spacial score (nSPS) is 16.3. The predicted molar refractivity (Wildman–Crippen MR) is 71.0 cm³/mol. The van der Waals surface area contributed by atoms with E-state index in [1.54, 1.807) is 12.1 Å². The molecule has 0 radical (unpaired) electrons. The van der Waals surface area contributed by atoms with Crippen molar-refractivity contribution in [3.8, 4) is 5.75 Å². The number of nitrogens with one attached hydrogen (secondary N) is 2. The summed E-state index contributed by atoms with van der Waals surface area (Å²) in [5.41, 5.74) is 0.692. The third-order valence-electron chi connectivity index (χ3n) is 3.10. The highest BCUT2D eigenvalue weighted by molar-refractivity contribution is 5.94. The van der Waals surface area contributed by atoms with Gasteiger partial charge in [0.15, 0.2) is 0 Å². The number of hydrogen-bond acceptors (Lipinski definition) is 3. The highest BCUT2D eigenvalue weighted by atomic mass is 16.5. The molecule has 0 spiro atoms. The third kappa shape index (κ3) is 3.47. The number of rotatable bonds is 4. The van der Waals surface area contributed by atoms with Gasteiger partial charge in [0.1, 0.15) is 5.75 Å². The molecule has 1 amide bonds. The van der Waals surface area contributed by atoms with Crippen LogP contribution in [-0.4, -0.2) is 31.6 Å². The summed E-state index contributed by atoms with van der Waals surface area (Å²) in [4.78, 5) is 12.0. The molecule has 1 aromatic carbocycles. The molecule has 18 heavy (non-hydrogen) atoms. The summed E-state index contributed by atoms with van der Waals surface area (Å²) in [6.45, 7) is 4.54.